The molecule has 0 aliphatic heterocycles. The first-order valence-electron chi connectivity index (χ1n) is 19.5. The Morgan fingerprint density at radius 2 is 0.957 bits per heavy atom. The number of aliphatic hydroxyl groups is 1. The fourth-order valence-electron chi connectivity index (χ4n) is 5.15. The number of ether oxygens (including phenoxy) is 2. The molecule has 0 spiro atoms. The quantitative estimate of drug-likeness (QED) is 0.0420. The third-order valence-electron chi connectivity index (χ3n) is 8.03. The average Bonchev–Trinajstić information content (AvgIpc) is 3.08. The van der Waals surface area contributed by atoms with Crippen molar-refractivity contribution in [2.75, 3.05) is 19.8 Å². The Bertz CT molecular complexity index is 820. The van der Waals surface area contributed by atoms with Gasteiger partial charge < -0.3 is 14.6 Å². The molecule has 0 fully saturated rings. The highest BCUT2D eigenvalue weighted by atomic mass is 16.6. The van der Waals surface area contributed by atoms with Crippen LogP contribution in [0.1, 0.15) is 168 Å². The Morgan fingerprint density at radius 3 is 1.45 bits per heavy atom. The van der Waals surface area contributed by atoms with Gasteiger partial charge in [-0.1, -0.05) is 164 Å². The fourth-order valence-corrected chi connectivity index (χ4v) is 5.15. The summed E-state index contributed by atoms with van der Waals surface area (Å²) in [5, 5.41) is 9.56. The maximum absolute atomic E-state index is 12.2. The van der Waals surface area contributed by atoms with Crippen LogP contribution in [0.3, 0.4) is 0 Å². The Hall–Kier alpha value is -2.17. The van der Waals surface area contributed by atoms with E-state index in [0.29, 0.717) is 13.0 Å². The standard InChI is InChI=1S/C43H74O4/c1-3-5-7-9-11-13-15-17-19-21-22-23-24-26-28-30-32-34-36-38-43(45)47-42(40-44)41-46-39-37-35-33-31-29-27-25-20-18-16-14-12-10-8-6-4-2/h6,8,12,14,17-20,27,29,33,35,42,44H,3-5,7,9-11,13,15-16,21-26,28,30-32,34,36-41H2,1-2H3/b8-6-,14-12-,19-17-,20-18-,29-27-,35-33-. The predicted molar refractivity (Wildman–Crippen MR) is 205 cm³/mol. The van der Waals surface area contributed by atoms with E-state index in [2.05, 4.69) is 86.8 Å². The lowest BCUT2D eigenvalue weighted by atomic mass is 10.1. The summed E-state index contributed by atoms with van der Waals surface area (Å²) < 4.78 is 11.0. The first-order chi connectivity index (χ1) is 23.2. The number of hydrogen-bond acceptors (Lipinski definition) is 4. The molecule has 0 heterocycles. The lowest BCUT2D eigenvalue weighted by Gasteiger charge is -2.15. The lowest BCUT2D eigenvalue weighted by molar-refractivity contribution is -0.154. The molecule has 4 nitrogen and oxygen atoms in total. The number of rotatable bonds is 35. The molecule has 0 aromatic carbocycles. The summed E-state index contributed by atoms with van der Waals surface area (Å²) in [5.74, 6) is -0.230. The van der Waals surface area contributed by atoms with Gasteiger partial charge in [0.05, 0.1) is 19.8 Å². The van der Waals surface area contributed by atoms with E-state index in [0.717, 1.165) is 51.4 Å². The molecular weight excluding hydrogens is 580 g/mol. The van der Waals surface area contributed by atoms with Gasteiger partial charge in [0.1, 0.15) is 6.10 Å². The first kappa shape index (κ1) is 44.8. The van der Waals surface area contributed by atoms with Crippen molar-refractivity contribution in [3.05, 3.63) is 72.9 Å². The summed E-state index contributed by atoms with van der Waals surface area (Å²) >= 11 is 0. The van der Waals surface area contributed by atoms with Crippen LogP contribution in [0, 0.1) is 0 Å². The van der Waals surface area contributed by atoms with Crippen LogP contribution in [0.4, 0.5) is 0 Å². The summed E-state index contributed by atoms with van der Waals surface area (Å²) in [7, 11) is 0. The third-order valence-corrected chi connectivity index (χ3v) is 8.03. The van der Waals surface area contributed by atoms with Gasteiger partial charge in [0.15, 0.2) is 0 Å². The van der Waals surface area contributed by atoms with Gasteiger partial charge in [-0.05, 0) is 70.6 Å². The second-order valence-corrected chi connectivity index (χ2v) is 12.6. The van der Waals surface area contributed by atoms with Gasteiger partial charge in [-0.3, -0.25) is 4.79 Å². The molecule has 0 aliphatic carbocycles. The summed E-state index contributed by atoms with van der Waals surface area (Å²) in [5.41, 5.74) is 0. The van der Waals surface area contributed by atoms with E-state index in [1.807, 2.05) is 0 Å². The Kier molecular flexibility index (Phi) is 38.2. The number of unbranched alkanes of at least 4 members (excludes halogenated alkanes) is 15. The van der Waals surface area contributed by atoms with Crippen molar-refractivity contribution in [2.24, 2.45) is 0 Å². The van der Waals surface area contributed by atoms with Crippen molar-refractivity contribution in [3.8, 4) is 0 Å². The molecule has 0 radical (unpaired) electrons. The van der Waals surface area contributed by atoms with Crippen molar-refractivity contribution in [1.82, 2.24) is 0 Å². The van der Waals surface area contributed by atoms with Crippen molar-refractivity contribution in [3.63, 3.8) is 0 Å². The Labute approximate surface area is 291 Å². The highest BCUT2D eigenvalue weighted by Gasteiger charge is 2.13. The van der Waals surface area contributed by atoms with Crippen molar-refractivity contribution >= 4 is 5.97 Å². The molecule has 0 saturated carbocycles. The van der Waals surface area contributed by atoms with Crippen LogP contribution in [0.2, 0.25) is 0 Å². The van der Waals surface area contributed by atoms with Crippen LogP contribution in [0.15, 0.2) is 72.9 Å². The summed E-state index contributed by atoms with van der Waals surface area (Å²) in [6.45, 7) is 5.01. The molecule has 0 aliphatic rings. The van der Waals surface area contributed by atoms with Crippen LogP contribution < -0.4 is 0 Å². The Morgan fingerprint density at radius 1 is 0.532 bits per heavy atom. The largest absolute Gasteiger partial charge is 0.457 e. The van der Waals surface area contributed by atoms with E-state index in [4.69, 9.17) is 9.47 Å². The van der Waals surface area contributed by atoms with Gasteiger partial charge in [-0.15, -0.1) is 0 Å². The molecule has 1 unspecified atom stereocenters. The smallest absolute Gasteiger partial charge is 0.306 e. The molecule has 0 bridgehead atoms. The van der Waals surface area contributed by atoms with Gasteiger partial charge in [0, 0.05) is 6.42 Å². The average molecular weight is 655 g/mol. The van der Waals surface area contributed by atoms with Crippen LogP contribution >= 0.6 is 0 Å². The van der Waals surface area contributed by atoms with E-state index < -0.39 is 6.10 Å². The predicted octanol–water partition coefficient (Wildman–Crippen LogP) is 12.6. The minimum Gasteiger partial charge on any atom is -0.457 e. The maximum Gasteiger partial charge on any atom is 0.306 e. The number of hydrogen-bond donors (Lipinski definition) is 1. The van der Waals surface area contributed by atoms with E-state index in [1.54, 1.807) is 0 Å². The van der Waals surface area contributed by atoms with E-state index in [9.17, 15) is 9.90 Å². The molecule has 0 saturated heterocycles. The van der Waals surface area contributed by atoms with Crippen LogP contribution in [-0.4, -0.2) is 37.0 Å². The molecule has 270 valence electrons. The fraction of sp³-hybridized carbons (Fsp3) is 0.698. The highest BCUT2D eigenvalue weighted by molar-refractivity contribution is 5.69. The molecule has 0 aromatic rings. The Balaban J connectivity index is 3.56. The highest BCUT2D eigenvalue weighted by Crippen LogP contribution is 2.13. The summed E-state index contributed by atoms with van der Waals surface area (Å²) in [4.78, 5) is 12.2. The topological polar surface area (TPSA) is 55.8 Å². The van der Waals surface area contributed by atoms with E-state index in [-0.39, 0.29) is 19.2 Å². The maximum atomic E-state index is 12.2. The monoisotopic (exact) mass is 655 g/mol. The number of allylic oxidation sites excluding steroid dienone is 11. The second kappa shape index (κ2) is 40.0. The molecule has 0 rings (SSSR count). The molecule has 1 N–H and O–H groups in total. The number of esters is 1. The van der Waals surface area contributed by atoms with E-state index >= 15 is 0 Å². The zero-order valence-corrected chi connectivity index (χ0v) is 30.8. The minimum absolute atomic E-state index is 0.205. The van der Waals surface area contributed by atoms with Crippen molar-refractivity contribution < 1.29 is 19.4 Å². The van der Waals surface area contributed by atoms with Crippen LogP contribution in [-0.2, 0) is 14.3 Å². The number of aliphatic hydroxyl groups excluding tert-OH is 1. The van der Waals surface area contributed by atoms with E-state index in [1.165, 1.54) is 96.3 Å². The van der Waals surface area contributed by atoms with Crippen LogP contribution in [0.5, 0.6) is 0 Å². The van der Waals surface area contributed by atoms with Gasteiger partial charge in [0.25, 0.3) is 0 Å². The number of carbonyl (C=O) groups is 1. The lowest BCUT2D eigenvalue weighted by Crippen LogP contribution is -2.27. The van der Waals surface area contributed by atoms with Gasteiger partial charge in [-0.25, -0.2) is 0 Å². The summed E-state index contributed by atoms with van der Waals surface area (Å²) in [6.07, 6.45) is 54.0. The molecule has 0 amide bonds. The number of carbonyl (C=O) groups excluding carboxylic acids is 1. The van der Waals surface area contributed by atoms with Gasteiger partial charge in [-0.2, -0.15) is 0 Å². The first-order valence-corrected chi connectivity index (χ1v) is 19.5. The normalized spacial score (nSPS) is 13.2. The van der Waals surface area contributed by atoms with Crippen LogP contribution in [0.25, 0.3) is 0 Å². The SMILES string of the molecule is CC/C=C\C/C=C\C/C=C\C/C=C\C/C=C\CCOCC(CO)OC(=O)CCCCCCCCCCC/C=C\CCCCCCCC. The molecule has 0 aromatic heterocycles. The minimum atomic E-state index is -0.577. The molecule has 47 heavy (non-hydrogen) atoms. The second-order valence-electron chi connectivity index (χ2n) is 12.6. The molecule has 1 atom stereocenters. The zero-order valence-electron chi connectivity index (χ0n) is 30.8. The van der Waals surface area contributed by atoms with Gasteiger partial charge >= 0.3 is 5.97 Å². The zero-order chi connectivity index (χ0) is 34.1. The molecular formula is C43H74O4. The van der Waals surface area contributed by atoms with Gasteiger partial charge in [0.2, 0.25) is 0 Å². The van der Waals surface area contributed by atoms with Crippen molar-refractivity contribution in [2.45, 2.75) is 174 Å². The third kappa shape index (κ3) is 38.2. The van der Waals surface area contributed by atoms with Crippen molar-refractivity contribution in [1.29, 1.82) is 0 Å². The molecule has 4 heteroatoms. The summed E-state index contributed by atoms with van der Waals surface area (Å²) in [6, 6.07) is 0.